The van der Waals surface area contributed by atoms with Crippen LogP contribution in [-0.2, 0) is 0 Å². The van der Waals surface area contributed by atoms with Crippen LogP contribution in [0.1, 0.15) is 6.92 Å². The van der Waals surface area contributed by atoms with Crippen molar-refractivity contribution in [3.63, 3.8) is 0 Å². The topological polar surface area (TPSA) is 60.8 Å². The largest absolute Gasteiger partial charge is 0.464 e. The van der Waals surface area contributed by atoms with Crippen molar-refractivity contribution in [1.82, 2.24) is 19.9 Å². The average Bonchev–Trinajstić information content (AvgIpc) is 2.30. The van der Waals surface area contributed by atoms with E-state index in [0.717, 1.165) is 5.56 Å². The molecule has 0 bridgehead atoms. The second kappa shape index (κ2) is 4.85. The number of pyridine rings is 1. The lowest BCUT2D eigenvalue weighted by Gasteiger charge is -2.03. The van der Waals surface area contributed by atoms with Gasteiger partial charge < -0.3 is 4.74 Å². The molecule has 0 N–H and O–H groups in total. The molecule has 82 valence electrons. The Morgan fingerprint density at radius 1 is 1.31 bits per heavy atom. The quantitative estimate of drug-likeness (QED) is 0.816. The van der Waals surface area contributed by atoms with Crippen LogP contribution in [0.2, 0.25) is 5.28 Å². The maximum atomic E-state index is 5.77. The minimum absolute atomic E-state index is 0.109. The highest BCUT2D eigenvalue weighted by atomic mass is 35.5. The first-order valence-electron chi connectivity index (χ1n) is 4.74. The van der Waals surface area contributed by atoms with Crippen molar-refractivity contribution in [1.29, 1.82) is 0 Å². The van der Waals surface area contributed by atoms with Gasteiger partial charge in [-0.3, -0.25) is 4.98 Å². The molecule has 2 aromatic rings. The van der Waals surface area contributed by atoms with Crippen LogP contribution in [-0.4, -0.2) is 26.5 Å². The maximum Gasteiger partial charge on any atom is 0.321 e. The van der Waals surface area contributed by atoms with Gasteiger partial charge in [-0.25, -0.2) is 0 Å². The molecular weight excluding hydrogens is 228 g/mol. The predicted molar refractivity (Wildman–Crippen MR) is 59.2 cm³/mol. The van der Waals surface area contributed by atoms with E-state index in [4.69, 9.17) is 16.3 Å². The Morgan fingerprint density at radius 2 is 2.19 bits per heavy atom. The van der Waals surface area contributed by atoms with Gasteiger partial charge in [0.2, 0.25) is 5.28 Å². The van der Waals surface area contributed by atoms with Gasteiger partial charge in [-0.05, 0) is 30.7 Å². The third kappa shape index (κ3) is 2.43. The van der Waals surface area contributed by atoms with Crippen molar-refractivity contribution >= 4 is 11.6 Å². The standard InChI is InChI=1S/C10H9ClN4O/c1-2-16-10-14-8(13-9(11)15-10)7-4-3-5-12-6-7/h3-6H,2H2,1H3. The number of halogens is 1. The first kappa shape index (κ1) is 10.8. The molecule has 2 rings (SSSR count). The highest BCUT2D eigenvalue weighted by Gasteiger charge is 2.07. The van der Waals surface area contributed by atoms with Crippen LogP contribution in [0, 0.1) is 0 Å². The Kier molecular flexibility index (Phi) is 3.26. The molecule has 0 aliphatic rings. The Hall–Kier alpha value is -1.75. The molecule has 0 aromatic carbocycles. The predicted octanol–water partition coefficient (Wildman–Crippen LogP) is 1.99. The van der Waals surface area contributed by atoms with Crippen molar-refractivity contribution in [2.75, 3.05) is 6.61 Å². The average molecular weight is 237 g/mol. The summed E-state index contributed by atoms with van der Waals surface area (Å²) in [6.07, 6.45) is 3.33. The van der Waals surface area contributed by atoms with E-state index in [0.29, 0.717) is 12.4 Å². The van der Waals surface area contributed by atoms with Crippen LogP contribution >= 0.6 is 11.6 Å². The van der Waals surface area contributed by atoms with E-state index in [9.17, 15) is 0 Å². The lowest BCUT2D eigenvalue weighted by Crippen LogP contribution is -2.01. The number of hydrogen-bond acceptors (Lipinski definition) is 5. The SMILES string of the molecule is CCOc1nc(Cl)nc(-c2cccnc2)n1. The van der Waals surface area contributed by atoms with E-state index in [1.807, 2.05) is 13.0 Å². The van der Waals surface area contributed by atoms with E-state index in [1.54, 1.807) is 18.5 Å². The second-order valence-electron chi connectivity index (χ2n) is 2.89. The zero-order valence-corrected chi connectivity index (χ0v) is 9.35. The summed E-state index contributed by atoms with van der Waals surface area (Å²) in [6, 6.07) is 3.86. The smallest absolute Gasteiger partial charge is 0.321 e. The zero-order valence-electron chi connectivity index (χ0n) is 8.59. The third-order valence-corrected chi connectivity index (χ3v) is 1.95. The summed E-state index contributed by atoms with van der Waals surface area (Å²) in [5, 5.41) is 0.109. The first-order valence-corrected chi connectivity index (χ1v) is 5.12. The summed E-state index contributed by atoms with van der Waals surface area (Å²) in [5.41, 5.74) is 0.771. The van der Waals surface area contributed by atoms with E-state index in [1.165, 1.54) is 0 Å². The van der Waals surface area contributed by atoms with Crippen LogP contribution in [0.3, 0.4) is 0 Å². The molecular formula is C10H9ClN4O. The normalized spacial score (nSPS) is 10.1. The molecule has 0 aliphatic carbocycles. The van der Waals surface area contributed by atoms with Gasteiger partial charge in [0.25, 0.3) is 0 Å². The van der Waals surface area contributed by atoms with Gasteiger partial charge in [0, 0.05) is 18.0 Å². The highest BCUT2D eigenvalue weighted by molar-refractivity contribution is 6.28. The molecule has 0 spiro atoms. The van der Waals surface area contributed by atoms with Crippen molar-refractivity contribution in [2.24, 2.45) is 0 Å². The van der Waals surface area contributed by atoms with Crippen molar-refractivity contribution < 1.29 is 4.74 Å². The number of aromatic nitrogens is 4. The van der Waals surface area contributed by atoms with Crippen LogP contribution < -0.4 is 4.74 Å². The summed E-state index contributed by atoms with van der Waals surface area (Å²) in [4.78, 5) is 16.0. The van der Waals surface area contributed by atoms with E-state index in [2.05, 4.69) is 19.9 Å². The van der Waals surface area contributed by atoms with Gasteiger partial charge in [0.1, 0.15) is 0 Å². The molecule has 0 aliphatic heterocycles. The van der Waals surface area contributed by atoms with Crippen molar-refractivity contribution in [3.8, 4) is 17.4 Å². The lowest BCUT2D eigenvalue weighted by atomic mass is 10.3. The van der Waals surface area contributed by atoms with Gasteiger partial charge in [-0.2, -0.15) is 15.0 Å². The summed E-state index contributed by atoms with van der Waals surface area (Å²) in [6.45, 7) is 2.33. The fourth-order valence-corrected chi connectivity index (χ4v) is 1.30. The van der Waals surface area contributed by atoms with Crippen LogP contribution in [0.5, 0.6) is 6.01 Å². The first-order chi connectivity index (χ1) is 7.79. The molecule has 0 saturated carbocycles. The molecule has 2 aromatic heterocycles. The maximum absolute atomic E-state index is 5.77. The molecule has 0 radical (unpaired) electrons. The summed E-state index contributed by atoms with van der Waals surface area (Å²) >= 11 is 5.77. The zero-order chi connectivity index (χ0) is 11.4. The molecule has 6 heteroatoms. The summed E-state index contributed by atoms with van der Waals surface area (Å²) in [7, 11) is 0. The Bertz CT molecular complexity index is 478. The summed E-state index contributed by atoms with van der Waals surface area (Å²) in [5.74, 6) is 0.455. The van der Waals surface area contributed by atoms with Gasteiger partial charge in [0.05, 0.1) is 6.61 Å². The fourth-order valence-electron chi connectivity index (χ4n) is 1.15. The van der Waals surface area contributed by atoms with E-state index < -0.39 is 0 Å². The van der Waals surface area contributed by atoms with E-state index in [-0.39, 0.29) is 11.3 Å². The van der Waals surface area contributed by atoms with Crippen LogP contribution in [0.15, 0.2) is 24.5 Å². The van der Waals surface area contributed by atoms with Crippen LogP contribution in [0.4, 0.5) is 0 Å². The Morgan fingerprint density at radius 3 is 2.88 bits per heavy atom. The van der Waals surface area contributed by atoms with E-state index >= 15 is 0 Å². The number of rotatable bonds is 3. The lowest BCUT2D eigenvalue weighted by molar-refractivity contribution is 0.312. The molecule has 0 atom stereocenters. The minimum Gasteiger partial charge on any atom is -0.464 e. The Balaban J connectivity index is 2.41. The molecule has 5 nitrogen and oxygen atoms in total. The van der Waals surface area contributed by atoms with Gasteiger partial charge in [-0.1, -0.05) is 0 Å². The number of hydrogen-bond donors (Lipinski definition) is 0. The molecule has 0 unspecified atom stereocenters. The minimum atomic E-state index is 0.109. The van der Waals surface area contributed by atoms with Crippen molar-refractivity contribution in [2.45, 2.75) is 6.92 Å². The third-order valence-electron chi connectivity index (χ3n) is 1.78. The van der Waals surface area contributed by atoms with Crippen LogP contribution in [0.25, 0.3) is 11.4 Å². The molecule has 0 amide bonds. The molecule has 0 saturated heterocycles. The second-order valence-corrected chi connectivity index (χ2v) is 3.22. The van der Waals surface area contributed by atoms with Gasteiger partial charge in [-0.15, -0.1) is 0 Å². The molecule has 0 fully saturated rings. The molecule has 2 heterocycles. The van der Waals surface area contributed by atoms with Crippen molar-refractivity contribution in [3.05, 3.63) is 29.8 Å². The highest BCUT2D eigenvalue weighted by Crippen LogP contribution is 2.17. The van der Waals surface area contributed by atoms with Gasteiger partial charge >= 0.3 is 6.01 Å². The monoisotopic (exact) mass is 236 g/mol. The summed E-state index contributed by atoms with van der Waals surface area (Å²) < 4.78 is 5.18. The fraction of sp³-hybridized carbons (Fsp3) is 0.200. The number of ether oxygens (including phenoxy) is 1. The Labute approximate surface area is 97.5 Å². The van der Waals surface area contributed by atoms with Gasteiger partial charge in [0.15, 0.2) is 5.82 Å². The molecule has 16 heavy (non-hydrogen) atoms. The number of nitrogens with zero attached hydrogens (tertiary/aromatic N) is 4.